The van der Waals surface area contributed by atoms with Gasteiger partial charge >= 0.3 is 0 Å². The van der Waals surface area contributed by atoms with E-state index in [9.17, 15) is 4.79 Å². The molecule has 0 aliphatic carbocycles. The van der Waals surface area contributed by atoms with Gasteiger partial charge in [0, 0.05) is 6.04 Å². The van der Waals surface area contributed by atoms with Crippen molar-refractivity contribution in [1.29, 1.82) is 0 Å². The Kier molecular flexibility index (Phi) is 2.38. The van der Waals surface area contributed by atoms with Gasteiger partial charge in [0.2, 0.25) is 5.65 Å². The zero-order valence-electron chi connectivity index (χ0n) is 8.73. The van der Waals surface area contributed by atoms with Crippen molar-refractivity contribution in [3.8, 4) is 0 Å². The highest BCUT2D eigenvalue weighted by molar-refractivity contribution is 9.10. The van der Waals surface area contributed by atoms with Crippen LogP contribution in [-0.4, -0.2) is 19.2 Å². The molecule has 6 heteroatoms. The normalized spacial score (nSPS) is 11.5. The van der Waals surface area contributed by atoms with Crippen molar-refractivity contribution in [3.63, 3.8) is 0 Å². The summed E-state index contributed by atoms with van der Waals surface area (Å²) in [7, 11) is 0. The molecule has 0 aliphatic heterocycles. The molecule has 2 aromatic rings. The van der Waals surface area contributed by atoms with Gasteiger partial charge in [-0.25, -0.2) is 4.98 Å². The molecule has 80 valence electrons. The summed E-state index contributed by atoms with van der Waals surface area (Å²) in [5.74, 6) is 0.682. The number of nitrogens with zero attached hydrogens (tertiary/aromatic N) is 4. The summed E-state index contributed by atoms with van der Waals surface area (Å²) < 4.78 is 3.83. The minimum Gasteiger partial charge on any atom is -0.290 e. The number of rotatable bonds is 1. The van der Waals surface area contributed by atoms with Gasteiger partial charge in [-0.05, 0) is 36.7 Å². The van der Waals surface area contributed by atoms with E-state index in [1.807, 2.05) is 20.8 Å². The van der Waals surface area contributed by atoms with E-state index in [-0.39, 0.29) is 11.6 Å². The second-order valence-electron chi connectivity index (χ2n) is 3.63. The van der Waals surface area contributed by atoms with Gasteiger partial charge < -0.3 is 0 Å². The van der Waals surface area contributed by atoms with Gasteiger partial charge in [-0.15, -0.1) is 0 Å². The largest absolute Gasteiger partial charge is 0.297 e. The maximum Gasteiger partial charge on any atom is 0.297 e. The molecule has 2 rings (SSSR count). The minimum atomic E-state index is -0.108. The van der Waals surface area contributed by atoms with Gasteiger partial charge in [0.05, 0.1) is 6.20 Å². The quantitative estimate of drug-likeness (QED) is 0.790. The molecule has 0 atom stereocenters. The Balaban J connectivity index is 2.92. The monoisotopic (exact) mass is 270 g/mol. The SMILES string of the molecule is Cc1nn2c(Br)cnc2c(=O)n1C(C)C. The zero-order chi connectivity index (χ0) is 11.2. The molecule has 0 spiro atoms. The van der Waals surface area contributed by atoms with Crippen LogP contribution in [0.1, 0.15) is 25.7 Å². The summed E-state index contributed by atoms with van der Waals surface area (Å²) in [6.07, 6.45) is 1.58. The van der Waals surface area contributed by atoms with Crippen LogP contribution in [0.2, 0.25) is 0 Å². The van der Waals surface area contributed by atoms with E-state index in [4.69, 9.17) is 0 Å². The standard InChI is InChI=1S/C9H11BrN4O/c1-5(2)13-6(3)12-14-7(10)4-11-8(14)9(13)15/h4-5H,1-3H3. The maximum absolute atomic E-state index is 12.0. The van der Waals surface area contributed by atoms with Crippen LogP contribution in [0.3, 0.4) is 0 Å². The molecule has 2 heterocycles. The van der Waals surface area contributed by atoms with Crippen LogP contribution < -0.4 is 5.56 Å². The van der Waals surface area contributed by atoms with E-state index in [2.05, 4.69) is 26.0 Å². The van der Waals surface area contributed by atoms with Crippen molar-refractivity contribution in [2.24, 2.45) is 0 Å². The highest BCUT2D eigenvalue weighted by Gasteiger charge is 2.13. The Morgan fingerprint density at radius 3 is 2.73 bits per heavy atom. The van der Waals surface area contributed by atoms with Crippen LogP contribution >= 0.6 is 15.9 Å². The van der Waals surface area contributed by atoms with Gasteiger partial charge in [0.1, 0.15) is 10.4 Å². The van der Waals surface area contributed by atoms with E-state index in [1.165, 1.54) is 4.52 Å². The van der Waals surface area contributed by atoms with Crippen molar-refractivity contribution in [2.45, 2.75) is 26.8 Å². The first-order chi connectivity index (χ1) is 7.02. The fourth-order valence-electron chi connectivity index (χ4n) is 1.62. The van der Waals surface area contributed by atoms with Gasteiger partial charge in [-0.1, -0.05) is 0 Å². The third kappa shape index (κ3) is 1.49. The van der Waals surface area contributed by atoms with Crippen molar-refractivity contribution >= 4 is 21.6 Å². The van der Waals surface area contributed by atoms with E-state index < -0.39 is 0 Å². The molecule has 0 fully saturated rings. The zero-order valence-corrected chi connectivity index (χ0v) is 10.3. The van der Waals surface area contributed by atoms with Crippen LogP contribution in [0.5, 0.6) is 0 Å². The number of hydrogen-bond acceptors (Lipinski definition) is 3. The highest BCUT2D eigenvalue weighted by atomic mass is 79.9. The number of aryl methyl sites for hydroxylation is 1. The summed E-state index contributed by atoms with van der Waals surface area (Å²) in [6, 6.07) is 0.0884. The second kappa shape index (κ2) is 3.44. The van der Waals surface area contributed by atoms with Gasteiger partial charge in [-0.2, -0.15) is 9.61 Å². The molecule has 0 amide bonds. The summed E-state index contributed by atoms with van der Waals surface area (Å²) in [4.78, 5) is 16.0. The molecular weight excluding hydrogens is 260 g/mol. The molecule has 2 aromatic heterocycles. The molecular formula is C9H11BrN4O. The lowest BCUT2D eigenvalue weighted by Crippen LogP contribution is -2.28. The molecule has 5 nitrogen and oxygen atoms in total. The molecule has 15 heavy (non-hydrogen) atoms. The van der Waals surface area contributed by atoms with Crippen molar-refractivity contribution in [2.75, 3.05) is 0 Å². The third-order valence-electron chi connectivity index (χ3n) is 2.22. The maximum atomic E-state index is 12.0. The van der Waals surface area contributed by atoms with Crippen LogP contribution in [0.4, 0.5) is 0 Å². The van der Waals surface area contributed by atoms with Crippen LogP contribution in [0.25, 0.3) is 5.65 Å². The second-order valence-corrected chi connectivity index (χ2v) is 4.44. The van der Waals surface area contributed by atoms with Gasteiger partial charge in [0.25, 0.3) is 5.56 Å². The predicted molar refractivity (Wildman–Crippen MR) is 60.1 cm³/mol. The highest BCUT2D eigenvalue weighted by Crippen LogP contribution is 2.10. The lowest BCUT2D eigenvalue weighted by molar-refractivity contribution is 0.535. The first kappa shape index (κ1) is 10.4. The molecule has 0 N–H and O–H groups in total. The van der Waals surface area contributed by atoms with Crippen LogP contribution in [0.15, 0.2) is 15.6 Å². The van der Waals surface area contributed by atoms with E-state index in [1.54, 1.807) is 10.8 Å². The summed E-state index contributed by atoms with van der Waals surface area (Å²) in [5.41, 5.74) is 0.240. The first-order valence-corrected chi connectivity index (χ1v) is 5.44. The Bertz CT molecular complexity index is 569. The predicted octanol–water partition coefficient (Wildman–Crippen LogP) is 1.54. The summed E-state index contributed by atoms with van der Waals surface area (Å²) in [6.45, 7) is 5.71. The fourth-order valence-corrected chi connectivity index (χ4v) is 1.97. The van der Waals surface area contributed by atoms with Crippen LogP contribution in [0, 0.1) is 6.92 Å². The Hall–Kier alpha value is -1.17. The van der Waals surface area contributed by atoms with Gasteiger partial charge in [-0.3, -0.25) is 9.36 Å². The van der Waals surface area contributed by atoms with Crippen molar-refractivity contribution in [3.05, 3.63) is 27.0 Å². The van der Waals surface area contributed by atoms with E-state index >= 15 is 0 Å². The third-order valence-corrected chi connectivity index (χ3v) is 2.76. The first-order valence-electron chi connectivity index (χ1n) is 4.64. The lowest BCUT2D eigenvalue weighted by atomic mass is 10.4. The Labute approximate surface area is 94.9 Å². The number of aromatic nitrogens is 4. The number of fused-ring (bicyclic) bond motifs is 1. The molecule has 0 radical (unpaired) electrons. The molecule has 0 bridgehead atoms. The van der Waals surface area contributed by atoms with E-state index in [0.717, 1.165) is 0 Å². The van der Waals surface area contributed by atoms with Crippen molar-refractivity contribution in [1.82, 2.24) is 19.2 Å². The number of hydrogen-bond donors (Lipinski definition) is 0. The van der Waals surface area contributed by atoms with Crippen molar-refractivity contribution < 1.29 is 0 Å². The van der Waals surface area contributed by atoms with Gasteiger partial charge in [0.15, 0.2) is 0 Å². The summed E-state index contributed by atoms with van der Waals surface area (Å²) >= 11 is 3.29. The number of halogens is 1. The minimum absolute atomic E-state index is 0.0884. The van der Waals surface area contributed by atoms with Crippen LogP contribution in [-0.2, 0) is 0 Å². The molecule has 0 unspecified atom stereocenters. The molecule has 0 saturated heterocycles. The Morgan fingerprint density at radius 2 is 2.13 bits per heavy atom. The molecule has 0 aliphatic rings. The smallest absolute Gasteiger partial charge is 0.290 e. The Morgan fingerprint density at radius 1 is 1.47 bits per heavy atom. The molecule has 0 saturated carbocycles. The lowest BCUT2D eigenvalue weighted by Gasteiger charge is -2.12. The topological polar surface area (TPSA) is 52.2 Å². The summed E-state index contributed by atoms with van der Waals surface area (Å²) in [5, 5.41) is 4.29. The molecule has 0 aromatic carbocycles. The average molecular weight is 271 g/mol. The van der Waals surface area contributed by atoms with E-state index in [0.29, 0.717) is 16.1 Å². The average Bonchev–Trinajstić information content (AvgIpc) is 2.47. The number of imidazole rings is 1. The fraction of sp³-hybridized carbons (Fsp3) is 0.444.